The molecule has 0 aliphatic carbocycles. The quantitative estimate of drug-likeness (QED) is 0.790. The molecule has 0 aliphatic rings. The molecule has 0 spiro atoms. The Balaban J connectivity index is 2.60. The van der Waals surface area contributed by atoms with Crippen LogP contribution in [-0.4, -0.2) is 24.9 Å². The summed E-state index contributed by atoms with van der Waals surface area (Å²) in [6.45, 7) is 4.82. The Morgan fingerprint density at radius 1 is 1.47 bits per heavy atom. The average Bonchev–Trinajstić information content (AvgIpc) is 2.32. The van der Waals surface area contributed by atoms with E-state index in [0.717, 1.165) is 0 Å². The molecule has 1 rings (SSSR count). The highest BCUT2D eigenvalue weighted by atomic mass is 32.2. The summed E-state index contributed by atoms with van der Waals surface area (Å²) in [5.74, 6) is 0.175. The van der Waals surface area contributed by atoms with Gasteiger partial charge in [-0.1, -0.05) is 24.3 Å². The second kappa shape index (κ2) is 7.35. The number of aryl methyl sites for hydroxylation is 1. The van der Waals surface area contributed by atoms with Crippen molar-refractivity contribution in [1.29, 1.82) is 0 Å². The molecular weight excluding hydrogens is 234 g/mol. The van der Waals surface area contributed by atoms with Crippen LogP contribution in [0.15, 0.2) is 24.3 Å². The molecule has 0 aromatic heterocycles. The maximum Gasteiger partial charge on any atom is 0.315 e. The monoisotopic (exact) mass is 253 g/mol. The molecular formula is C13H19NO2S. The Bertz CT molecular complexity index is 368. The average molecular weight is 253 g/mol. The van der Waals surface area contributed by atoms with Gasteiger partial charge in [-0.05, 0) is 25.0 Å². The lowest BCUT2D eigenvalue weighted by Gasteiger charge is -2.16. The molecule has 0 aliphatic heterocycles. The van der Waals surface area contributed by atoms with Gasteiger partial charge in [0, 0.05) is 11.8 Å². The number of benzene rings is 1. The van der Waals surface area contributed by atoms with Gasteiger partial charge < -0.3 is 10.5 Å². The molecule has 0 saturated heterocycles. The van der Waals surface area contributed by atoms with Crippen molar-refractivity contribution >= 4 is 17.7 Å². The zero-order valence-corrected chi connectivity index (χ0v) is 11.1. The third kappa shape index (κ3) is 4.40. The molecule has 0 saturated carbocycles. The zero-order chi connectivity index (χ0) is 12.7. The van der Waals surface area contributed by atoms with Crippen LogP contribution in [0.4, 0.5) is 0 Å². The van der Waals surface area contributed by atoms with Crippen molar-refractivity contribution in [2.24, 2.45) is 5.73 Å². The fourth-order valence-electron chi connectivity index (χ4n) is 1.60. The van der Waals surface area contributed by atoms with Crippen molar-refractivity contribution in [2.75, 3.05) is 18.9 Å². The number of esters is 1. The molecule has 1 aromatic rings. The van der Waals surface area contributed by atoms with E-state index in [9.17, 15) is 4.79 Å². The van der Waals surface area contributed by atoms with Gasteiger partial charge in [-0.25, -0.2) is 0 Å². The second-order valence-electron chi connectivity index (χ2n) is 3.70. The Morgan fingerprint density at radius 3 is 2.76 bits per heavy atom. The van der Waals surface area contributed by atoms with Crippen molar-refractivity contribution in [3.63, 3.8) is 0 Å². The van der Waals surface area contributed by atoms with Crippen molar-refractivity contribution in [1.82, 2.24) is 0 Å². The Labute approximate surface area is 107 Å². The summed E-state index contributed by atoms with van der Waals surface area (Å²) in [6.07, 6.45) is 0. The van der Waals surface area contributed by atoms with E-state index in [1.165, 1.54) is 22.9 Å². The first-order chi connectivity index (χ1) is 8.19. The molecule has 1 unspecified atom stereocenters. The highest BCUT2D eigenvalue weighted by Crippen LogP contribution is 2.29. The first-order valence-electron chi connectivity index (χ1n) is 5.71. The summed E-state index contributed by atoms with van der Waals surface area (Å²) in [7, 11) is 0. The summed E-state index contributed by atoms with van der Waals surface area (Å²) >= 11 is 1.54. The van der Waals surface area contributed by atoms with E-state index in [2.05, 4.69) is 19.1 Å². The van der Waals surface area contributed by atoms with Crippen LogP contribution in [0.2, 0.25) is 0 Å². The smallest absolute Gasteiger partial charge is 0.315 e. The number of carbonyl (C=O) groups is 1. The second-order valence-corrected chi connectivity index (χ2v) is 4.89. The molecule has 1 atom stereocenters. The number of carbonyl (C=O) groups excluding carboxylic acids is 1. The normalized spacial score (nSPS) is 12.2. The number of hydrogen-bond donors (Lipinski definition) is 1. The summed E-state index contributed by atoms with van der Waals surface area (Å²) in [6, 6.07) is 8.12. The number of hydrogen-bond acceptors (Lipinski definition) is 4. The van der Waals surface area contributed by atoms with Gasteiger partial charge in [0.15, 0.2) is 0 Å². The first kappa shape index (κ1) is 14.1. The van der Waals surface area contributed by atoms with Crippen LogP contribution < -0.4 is 5.73 Å². The molecule has 0 radical (unpaired) electrons. The Kier molecular flexibility index (Phi) is 6.08. The Morgan fingerprint density at radius 2 is 2.18 bits per heavy atom. The minimum Gasteiger partial charge on any atom is -0.465 e. The van der Waals surface area contributed by atoms with Gasteiger partial charge >= 0.3 is 5.97 Å². The van der Waals surface area contributed by atoms with E-state index in [1.807, 2.05) is 19.1 Å². The predicted octanol–water partition coefficient (Wildman–Crippen LogP) is 2.29. The highest BCUT2D eigenvalue weighted by molar-refractivity contribution is 8.00. The van der Waals surface area contributed by atoms with E-state index in [0.29, 0.717) is 18.9 Å². The predicted molar refractivity (Wildman–Crippen MR) is 72.1 cm³/mol. The van der Waals surface area contributed by atoms with Gasteiger partial charge in [-0.2, -0.15) is 0 Å². The van der Waals surface area contributed by atoms with Gasteiger partial charge in [0.2, 0.25) is 0 Å². The van der Waals surface area contributed by atoms with Crippen LogP contribution in [0.25, 0.3) is 0 Å². The molecule has 4 heteroatoms. The third-order valence-corrected chi connectivity index (χ3v) is 3.71. The molecule has 3 nitrogen and oxygen atoms in total. The van der Waals surface area contributed by atoms with Crippen molar-refractivity contribution in [2.45, 2.75) is 19.1 Å². The SMILES string of the molecule is CCOC(=O)CSC(CN)c1ccccc1C. The topological polar surface area (TPSA) is 52.3 Å². The fourth-order valence-corrected chi connectivity index (χ4v) is 2.60. The van der Waals surface area contributed by atoms with E-state index in [1.54, 1.807) is 0 Å². The minimum absolute atomic E-state index is 0.153. The van der Waals surface area contributed by atoms with E-state index in [4.69, 9.17) is 10.5 Å². The number of rotatable bonds is 6. The minimum atomic E-state index is -0.176. The van der Waals surface area contributed by atoms with E-state index >= 15 is 0 Å². The van der Waals surface area contributed by atoms with E-state index < -0.39 is 0 Å². The van der Waals surface area contributed by atoms with E-state index in [-0.39, 0.29) is 11.2 Å². The van der Waals surface area contributed by atoms with Gasteiger partial charge in [0.25, 0.3) is 0 Å². The van der Waals surface area contributed by atoms with Crippen LogP contribution in [0.3, 0.4) is 0 Å². The molecule has 0 bridgehead atoms. The molecule has 2 N–H and O–H groups in total. The van der Waals surface area contributed by atoms with Crippen LogP contribution in [0, 0.1) is 6.92 Å². The summed E-state index contributed by atoms with van der Waals surface area (Å²) in [5, 5.41) is 0.153. The molecule has 17 heavy (non-hydrogen) atoms. The zero-order valence-electron chi connectivity index (χ0n) is 10.3. The maximum absolute atomic E-state index is 11.3. The third-order valence-electron chi connectivity index (χ3n) is 2.46. The largest absolute Gasteiger partial charge is 0.465 e. The lowest BCUT2D eigenvalue weighted by atomic mass is 10.1. The fraction of sp³-hybridized carbons (Fsp3) is 0.462. The molecule has 0 heterocycles. The summed E-state index contributed by atoms with van der Waals surface area (Å²) < 4.78 is 4.90. The van der Waals surface area contributed by atoms with Crippen LogP contribution in [0.1, 0.15) is 23.3 Å². The number of nitrogens with two attached hydrogens (primary N) is 1. The molecule has 94 valence electrons. The lowest BCUT2D eigenvalue weighted by Crippen LogP contribution is -2.14. The van der Waals surface area contributed by atoms with Crippen molar-refractivity contribution < 1.29 is 9.53 Å². The number of thioether (sulfide) groups is 1. The molecule has 1 aromatic carbocycles. The first-order valence-corrected chi connectivity index (χ1v) is 6.76. The van der Waals surface area contributed by atoms with Crippen LogP contribution in [-0.2, 0) is 9.53 Å². The molecule has 0 fully saturated rings. The lowest BCUT2D eigenvalue weighted by molar-refractivity contribution is -0.139. The summed E-state index contributed by atoms with van der Waals surface area (Å²) in [5.41, 5.74) is 8.17. The summed E-state index contributed by atoms with van der Waals surface area (Å²) in [4.78, 5) is 11.3. The van der Waals surface area contributed by atoms with Crippen molar-refractivity contribution in [3.8, 4) is 0 Å². The van der Waals surface area contributed by atoms with Gasteiger partial charge in [0.1, 0.15) is 0 Å². The standard InChI is InChI=1S/C13H19NO2S/c1-3-16-13(15)9-17-12(8-14)11-7-5-4-6-10(11)2/h4-7,12H,3,8-9,14H2,1-2H3. The van der Waals surface area contributed by atoms with Gasteiger partial charge in [-0.15, -0.1) is 11.8 Å². The molecule has 0 amide bonds. The van der Waals surface area contributed by atoms with Crippen molar-refractivity contribution in [3.05, 3.63) is 35.4 Å². The van der Waals surface area contributed by atoms with Crippen LogP contribution in [0.5, 0.6) is 0 Å². The number of ether oxygens (including phenoxy) is 1. The highest BCUT2D eigenvalue weighted by Gasteiger charge is 2.14. The Hall–Kier alpha value is -1.00. The van der Waals surface area contributed by atoms with Gasteiger partial charge in [0.05, 0.1) is 12.4 Å². The maximum atomic E-state index is 11.3. The van der Waals surface area contributed by atoms with Gasteiger partial charge in [-0.3, -0.25) is 4.79 Å². The van der Waals surface area contributed by atoms with Crippen LogP contribution >= 0.6 is 11.8 Å².